The van der Waals surface area contributed by atoms with E-state index < -0.39 is 0 Å². The zero-order chi connectivity index (χ0) is 25.5. The highest BCUT2D eigenvalue weighted by molar-refractivity contribution is 6.28. The van der Waals surface area contributed by atoms with Crippen LogP contribution in [0, 0.1) is 0 Å². The summed E-state index contributed by atoms with van der Waals surface area (Å²) in [6.07, 6.45) is 5.50. The molecule has 0 unspecified atom stereocenters. The van der Waals surface area contributed by atoms with Gasteiger partial charge in [-0.25, -0.2) is 4.98 Å². The van der Waals surface area contributed by atoms with E-state index in [1.807, 2.05) is 55.0 Å². The van der Waals surface area contributed by atoms with Gasteiger partial charge in [0.05, 0.1) is 32.8 Å². The summed E-state index contributed by atoms with van der Waals surface area (Å²) in [6, 6.07) is 33.1. The number of benzene rings is 3. The Morgan fingerprint density at radius 3 is 1.69 bits per heavy atom. The Balaban J connectivity index is 1.47. The largest absolute Gasteiger partial charge is 0.454 e. The lowest BCUT2D eigenvalue weighted by atomic mass is 10.1. The average Bonchev–Trinajstić information content (AvgIpc) is 3.65. The number of fused-ring (bicyclic) bond motifs is 11. The fourth-order valence-corrected chi connectivity index (χ4v) is 6.10. The lowest BCUT2D eigenvalue weighted by molar-refractivity contribution is 0.677. The van der Waals surface area contributed by atoms with E-state index in [1.165, 1.54) is 0 Å². The summed E-state index contributed by atoms with van der Waals surface area (Å²) < 4.78 is 11.3. The Bertz CT molecular complexity index is 2210. The van der Waals surface area contributed by atoms with Crippen molar-refractivity contribution in [3.8, 4) is 11.5 Å². The van der Waals surface area contributed by atoms with Crippen LogP contribution in [-0.4, -0.2) is 24.1 Å². The molecule has 0 aliphatic rings. The van der Waals surface area contributed by atoms with Crippen LogP contribution in [0.5, 0.6) is 0 Å². The molecule has 0 spiro atoms. The van der Waals surface area contributed by atoms with Crippen molar-refractivity contribution in [2.24, 2.45) is 0 Å². The van der Waals surface area contributed by atoms with E-state index in [4.69, 9.17) is 14.4 Å². The van der Waals surface area contributed by atoms with Crippen LogP contribution >= 0.6 is 0 Å². The zero-order valence-electron chi connectivity index (χ0n) is 20.6. The third kappa shape index (κ3) is 2.67. The third-order valence-corrected chi connectivity index (χ3v) is 7.67. The Labute approximate surface area is 221 Å². The molecule has 0 saturated carbocycles. The minimum Gasteiger partial charge on any atom is -0.454 e. The molecular weight excluding hydrogens is 482 g/mol. The van der Waals surface area contributed by atoms with Gasteiger partial charge in [-0.3, -0.25) is 14.5 Å². The maximum Gasteiger partial charge on any atom is 0.147 e. The second kappa shape index (κ2) is 7.52. The van der Waals surface area contributed by atoms with Crippen molar-refractivity contribution in [2.75, 3.05) is 0 Å². The predicted molar refractivity (Wildman–Crippen MR) is 156 cm³/mol. The Hall–Kier alpha value is -5.49. The van der Waals surface area contributed by atoms with E-state index in [9.17, 15) is 0 Å². The monoisotopic (exact) mass is 501 g/mol. The van der Waals surface area contributed by atoms with Crippen LogP contribution in [0.3, 0.4) is 0 Å². The number of hydrogen-bond acceptors (Lipinski definition) is 4. The summed E-state index contributed by atoms with van der Waals surface area (Å²) in [5, 5.41) is 4.11. The van der Waals surface area contributed by atoms with Crippen molar-refractivity contribution in [1.82, 2.24) is 24.1 Å². The first-order valence-electron chi connectivity index (χ1n) is 12.9. The van der Waals surface area contributed by atoms with Crippen LogP contribution in [0.4, 0.5) is 0 Å². The average molecular weight is 502 g/mol. The van der Waals surface area contributed by atoms with Gasteiger partial charge in [0.25, 0.3) is 0 Å². The molecule has 0 saturated heterocycles. The standard InChI is InChI=1S/C33H19N5O/c1-2-8-20(9-3-1)37-23-15-13-21-22-14-16-24-29(33(22)39-32(21)28(23)30-25(37)10-6-18-35-30)31-26(11-7-19-36-31)38(24)27-12-4-5-17-34-27/h1-19H. The number of rotatable bonds is 2. The predicted octanol–water partition coefficient (Wildman–Crippen LogP) is 7.97. The molecule has 0 bridgehead atoms. The van der Waals surface area contributed by atoms with E-state index in [0.29, 0.717) is 0 Å². The molecule has 6 aromatic heterocycles. The second-order valence-corrected chi connectivity index (χ2v) is 9.71. The summed E-state index contributed by atoms with van der Waals surface area (Å²) in [6.45, 7) is 0. The lowest BCUT2D eigenvalue weighted by Crippen LogP contribution is -1.96. The van der Waals surface area contributed by atoms with Gasteiger partial charge in [0.15, 0.2) is 0 Å². The fourth-order valence-electron chi connectivity index (χ4n) is 6.10. The molecule has 6 heterocycles. The van der Waals surface area contributed by atoms with Crippen LogP contribution in [0.15, 0.2) is 120 Å². The molecule has 182 valence electrons. The fraction of sp³-hybridized carbons (Fsp3) is 0. The summed E-state index contributed by atoms with van der Waals surface area (Å²) in [7, 11) is 0. The molecule has 9 rings (SSSR count). The first-order chi connectivity index (χ1) is 19.4. The van der Waals surface area contributed by atoms with Gasteiger partial charge in [-0.05, 0) is 72.8 Å². The van der Waals surface area contributed by atoms with E-state index in [-0.39, 0.29) is 0 Å². The number of furan rings is 1. The zero-order valence-corrected chi connectivity index (χ0v) is 20.6. The first kappa shape index (κ1) is 20.6. The van der Waals surface area contributed by atoms with Gasteiger partial charge in [-0.15, -0.1) is 0 Å². The van der Waals surface area contributed by atoms with Gasteiger partial charge in [-0.1, -0.05) is 24.3 Å². The summed E-state index contributed by atoms with van der Waals surface area (Å²) in [5.74, 6) is 0.846. The van der Waals surface area contributed by atoms with Crippen molar-refractivity contribution in [2.45, 2.75) is 0 Å². The number of para-hydroxylation sites is 1. The Kier molecular flexibility index (Phi) is 3.96. The molecular formula is C33H19N5O. The Morgan fingerprint density at radius 1 is 0.462 bits per heavy atom. The van der Waals surface area contributed by atoms with E-state index in [1.54, 1.807) is 0 Å². The maximum absolute atomic E-state index is 6.87. The topological polar surface area (TPSA) is 61.7 Å². The maximum atomic E-state index is 6.87. The van der Waals surface area contributed by atoms with Crippen molar-refractivity contribution >= 4 is 65.8 Å². The molecule has 9 aromatic rings. The van der Waals surface area contributed by atoms with Crippen LogP contribution in [0.2, 0.25) is 0 Å². The molecule has 0 N–H and O–H groups in total. The summed E-state index contributed by atoms with van der Waals surface area (Å²) in [5.41, 5.74) is 8.67. The van der Waals surface area contributed by atoms with E-state index in [2.05, 4.69) is 74.8 Å². The van der Waals surface area contributed by atoms with Crippen molar-refractivity contribution < 1.29 is 4.42 Å². The highest BCUT2D eigenvalue weighted by Gasteiger charge is 2.23. The first-order valence-corrected chi connectivity index (χ1v) is 12.9. The molecule has 0 radical (unpaired) electrons. The molecule has 6 nitrogen and oxygen atoms in total. The van der Waals surface area contributed by atoms with Crippen LogP contribution in [0.25, 0.3) is 77.3 Å². The summed E-state index contributed by atoms with van der Waals surface area (Å²) in [4.78, 5) is 14.3. The number of aromatic nitrogens is 5. The van der Waals surface area contributed by atoms with Crippen LogP contribution in [-0.2, 0) is 0 Å². The second-order valence-electron chi connectivity index (χ2n) is 9.71. The van der Waals surface area contributed by atoms with E-state index >= 15 is 0 Å². The van der Waals surface area contributed by atoms with Gasteiger partial charge in [0.1, 0.15) is 28.0 Å². The molecule has 0 atom stereocenters. The van der Waals surface area contributed by atoms with Crippen molar-refractivity contribution in [1.29, 1.82) is 0 Å². The molecule has 0 aliphatic heterocycles. The third-order valence-electron chi connectivity index (χ3n) is 7.67. The highest BCUT2D eigenvalue weighted by atomic mass is 16.3. The highest BCUT2D eigenvalue weighted by Crippen LogP contribution is 2.43. The number of nitrogens with zero attached hydrogens (tertiary/aromatic N) is 5. The molecule has 0 fully saturated rings. The van der Waals surface area contributed by atoms with Gasteiger partial charge in [0, 0.05) is 35.1 Å². The minimum absolute atomic E-state index is 0.824. The normalized spacial score (nSPS) is 12.1. The summed E-state index contributed by atoms with van der Waals surface area (Å²) >= 11 is 0. The molecule has 6 heteroatoms. The van der Waals surface area contributed by atoms with Crippen molar-refractivity contribution in [3.05, 3.63) is 116 Å². The van der Waals surface area contributed by atoms with Crippen molar-refractivity contribution in [3.63, 3.8) is 0 Å². The molecule has 3 aromatic carbocycles. The van der Waals surface area contributed by atoms with Gasteiger partial charge in [-0.2, -0.15) is 0 Å². The van der Waals surface area contributed by atoms with Crippen LogP contribution in [0.1, 0.15) is 0 Å². The quantitative estimate of drug-likeness (QED) is 0.241. The Morgan fingerprint density at radius 2 is 1.05 bits per heavy atom. The lowest BCUT2D eigenvalue weighted by Gasteiger charge is -2.06. The molecule has 0 amide bonds. The minimum atomic E-state index is 0.824. The van der Waals surface area contributed by atoms with Crippen LogP contribution < -0.4 is 0 Å². The SMILES string of the molecule is c1ccc(-n2c3cccnc3c3c4oc5c(ccc6c5c5ncccc5n6-c5ccccn5)c4ccc32)cc1. The number of pyridine rings is 3. The number of hydrogen-bond donors (Lipinski definition) is 0. The molecule has 0 aliphatic carbocycles. The van der Waals surface area contributed by atoms with Gasteiger partial charge < -0.3 is 8.98 Å². The van der Waals surface area contributed by atoms with Gasteiger partial charge >= 0.3 is 0 Å². The molecule has 39 heavy (non-hydrogen) atoms. The van der Waals surface area contributed by atoms with E-state index in [0.717, 1.165) is 77.3 Å². The smallest absolute Gasteiger partial charge is 0.147 e. The van der Waals surface area contributed by atoms with Gasteiger partial charge in [0.2, 0.25) is 0 Å².